The minimum Gasteiger partial charge on any atom is -0.326 e. The maximum Gasteiger partial charge on any atom is 0.418 e. The van der Waals surface area contributed by atoms with Gasteiger partial charge in [0.1, 0.15) is 6.04 Å². The number of piperidine rings is 1. The van der Waals surface area contributed by atoms with Gasteiger partial charge in [0.25, 0.3) is 5.91 Å². The summed E-state index contributed by atoms with van der Waals surface area (Å²) in [5, 5.41) is 3.98. The molecule has 0 saturated carbocycles. The molecule has 2 aromatic rings. The third-order valence-corrected chi connectivity index (χ3v) is 6.68. The Morgan fingerprint density at radius 2 is 2.09 bits per heavy atom. The van der Waals surface area contributed by atoms with Gasteiger partial charge < -0.3 is 14.8 Å². The summed E-state index contributed by atoms with van der Waals surface area (Å²) in [5.41, 5.74) is 4.41. The molecule has 3 N–H and O–H groups in total. The molecular weight excluding hydrogens is 456 g/mol. The molecule has 3 fully saturated rings. The molecule has 2 unspecified atom stereocenters. The third kappa shape index (κ3) is 4.39. The number of para-hydroxylation sites is 2. The summed E-state index contributed by atoms with van der Waals surface area (Å²) in [6.07, 6.45) is 3.29. The zero-order chi connectivity index (χ0) is 23.2. The zero-order valence-corrected chi connectivity index (χ0v) is 18.3. The molecule has 0 spiro atoms. The van der Waals surface area contributed by atoms with E-state index in [1.807, 2.05) is 30.6 Å². The van der Waals surface area contributed by atoms with Gasteiger partial charge in [-0.3, -0.25) is 14.2 Å². The van der Waals surface area contributed by atoms with Crippen molar-refractivity contribution in [1.82, 2.24) is 30.3 Å². The molecule has 3 aliphatic rings. The number of urea groups is 1. The molecule has 1 aromatic carbocycles. The van der Waals surface area contributed by atoms with Crippen LogP contribution in [0.5, 0.6) is 0 Å². The Hall–Kier alpha value is -2.78. The number of fused-ring (bicyclic) bond motifs is 3. The molecule has 0 radical (unpaired) electrons. The molecule has 3 aliphatic heterocycles. The molecule has 178 valence electrons. The predicted octanol–water partition coefficient (Wildman–Crippen LogP) is -0.00990. The van der Waals surface area contributed by atoms with Gasteiger partial charge in [0, 0.05) is 25.2 Å². The summed E-state index contributed by atoms with van der Waals surface area (Å²) >= 11 is 0. The average Bonchev–Trinajstić information content (AvgIpc) is 3.47. The number of benzene rings is 1. The number of imidazole rings is 1. The van der Waals surface area contributed by atoms with Gasteiger partial charge in [-0.05, 0) is 31.4 Å². The Labute approximate surface area is 189 Å². The largest absolute Gasteiger partial charge is 0.418 e. The topological polar surface area (TPSA) is 155 Å². The molecule has 33 heavy (non-hydrogen) atoms. The van der Waals surface area contributed by atoms with Crippen molar-refractivity contribution in [2.24, 2.45) is 0 Å². The third-order valence-electron chi connectivity index (χ3n) is 6.33. The van der Waals surface area contributed by atoms with Gasteiger partial charge in [-0.25, -0.2) is 15.3 Å². The maximum atomic E-state index is 12.6. The molecule has 2 bridgehead atoms. The van der Waals surface area contributed by atoms with Gasteiger partial charge in [0.2, 0.25) is 0 Å². The van der Waals surface area contributed by atoms with Crippen molar-refractivity contribution in [2.45, 2.75) is 43.4 Å². The molecule has 5 rings (SSSR count). The van der Waals surface area contributed by atoms with Gasteiger partial charge in [-0.1, -0.05) is 12.1 Å². The highest BCUT2D eigenvalue weighted by molar-refractivity contribution is 7.80. The first-order valence-corrected chi connectivity index (χ1v) is 12.0. The van der Waals surface area contributed by atoms with E-state index >= 15 is 0 Å². The lowest BCUT2D eigenvalue weighted by Gasteiger charge is -2.29. The highest BCUT2D eigenvalue weighted by Gasteiger charge is 2.49. The van der Waals surface area contributed by atoms with Crippen molar-refractivity contribution in [2.75, 3.05) is 19.7 Å². The second-order valence-corrected chi connectivity index (χ2v) is 9.43. The monoisotopic (exact) mass is 480 g/mol. The van der Waals surface area contributed by atoms with Crippen LogP contribution in [0, 0.1) is 0 Å². The van der Waals surface area contributed by atoms with E-state index in [0.29, 0.717) is 17.9 Å². The van der Waals surface area contributed by atoms with Crippen LogP contribution in [0.25, 0.3) is 11.0 Å². The number of carbonyl (C=O) groups excluding carboxylic acids is 2. The van der Waals surface area contributed by atoms with Crippen molar-refractivity contribution in [3.63, 3.8) is 0 Å². The van der Waals surface area contributed by atoms with E-state index in [2.05, 4.69) is 24.6 Å². The number of hydrogen-bond acceptors (Lipinski definition) is 8. The van der Waals surface area contributed by atoms with Crippen LogP contribution in [0.2, 0.25) is 0 Å². The van der Waals surface area contributed by atoms with Crippen LogP contribution >= 0.6 is 0 Å². The fourth-order valence-electron chi connectivity index (χ4n) is 4.79. The molecule has 3 saturated heterocycles. The lowest BCUT2D eigenvalue weighted by atomic mass is 10.0. The Balaban J connectivity index is 1.12. The van der Waals surface area contributed by atoms with Crippen molar-refractivity contribution in [3.05, 3.63) is 30.6 Å². The summed E-state index contributed by atoms with van der Waals surface area (Å²) in [6, 6.07) is 6.02. The lowest BCUT2D eigenvalue weighted by Crippen LogP contribution is -2.50. The zero-order valence-electron chi connectivity index (χ0n) is 17.5. The van der Waals surface area contributed by atoms with Crippen molar-refractivity contribution in [3.8, 4) is 0 Å². The Morgan fingerprint density at radius 1 is 1.27 bits per heavy atom. The summed E-state index contributed by atoms with van der Waals surface area (Å²) in [6.45, 7) is 1.12. The van der Waals surface area contributed by atoms with Crippen molar-refractivity contribution < 1.29 is 31.7 Å². The SMILES string of the molecule is O=C(NOC[C@H]1C[C@H](n2cnc3ccccc32)CN1)C1CCC2CN1C(=O)N2OS(=O)(=O)O. The molecule has 4 heterocycles. The Bertz CT molecular complexity index is 1170. The van der Waals surface area contributed by atoms with E-state index in [4.69, 9.17) is 9.39 Å². The second-order valence-electron chi connectivity index (χ2n) is 8.42. The second kappa shape index (κ2) is 8.53. The molecule has 14 heteroatoms. The van der Waals surface area contributed by atoms with Crippen LogP contribution in [0.15, 0.2) is 30.6 Å². The molecule has 4 atom stereocenters. The number of amides is 3. The number of nitrogens with one attached hydrogen (secondary N) is 2. The van der Waals surface area contributed by atoms with Crippen molar-refractivity contribution >= 4 is 33.4 Å². The Kier molecular flexibility index (Phi) is 5.70. The number of hydroxylamine groups is 3. The van der Waals surface area contributed by atoms with Crippen LogP contribution < -0.4 is 10.8 Å². The predicted molar refractivity (Wildman–Crippen MR) is 113 cm³/mol. The molecular formula is C19H24N6O7S. The van der Waals surface area contributed by atoms with E-state index < -0.39 is 34.4 Å². The summed E-state index contributed by atoms with van der Waals surface area (Å²) in [7, 11) is -4.83. The van der Waals surface area contributed by atoms with Crippen LogP contribution in [-0.4, -0.2) is 82.2 Å². The van der Waals surface area contributed by atoms with Gasteiger partial charge in [-0.2, -0.15) is 13.5 Å². The quantitative estimate of drug-likeness (QED) is 0.366. The van der Waals surface area contributed by atoms with E-state index in [1.165, 1.54) is 4.90 Å². The first-order valence-electron chi connectivity index (χ1n) is 10.6. The highest BCUT2D eigenvalue weighted by atomic mass is 32.3. The number of rotatable bonds is 7. The van der Waals surface area contributed by atoms with Crippen LogP contribution in [-0.2, 0) is 24.3 Å². The van der Waals surface area contributed by atoms with Gasteiger partial charge in [0.05, 0.1) is 30.0 Å². The van der Waals surface area contributed by atoms with E-state index in [0.717, 1.165) is 24.0 Å². The van der Waals surface area contributed by atoms with Crippen LogP contribution in [0.1, 0.15) is 25.3 Å². The fraction of sp³-hybridized carbons (Fsp3) is 0.526. The Morgan fingerprint density at radius 3 is 2.91 bits per heavy atom. The first-order chi connectivity index (χ1) is 15.8. The molecule has 0 aliphatic carbocycles. The molecule has 13 nitrogen and oxygen atoms in total. The fourth-order valence-corrected chi connectivity index (χ4v) is 5.18. The average molecular weight is 481 g/mol. The maximum absolute atomic E-state index is 12.6. The lowest BCUT2D eigenvalue weighted by molar-refractivity contribution is -0.139. The smallest absolute Gasteiger partial charge is 0.326 e. The summed E-state index contributed by atoms with van der Waals surface area (Å²) in [5.74, 6) is -0.495. The number of hydrogen-bond donors (Lipinski definition) is 3. The van der Waals surface area contributed by atoms with Gasteiger partial charge >= 0.3 is 16.4 Å². The van der Waals surface area contributed by atoms with Gasteiger partial charge in [0.15, 0.2) is 0 Å². The summed E-state index contributed by atoms with van der Waals surface area (Å²) in [4.78, 5) is 36.1. The van der Waals surface area contributed by atoms with E-state index in [1.54, 1.807) is 0 Å². The van der Waals surface area contributed by atoms with Crippen LogP contribution in [0.4, 0.5) is 4.79 Å². The first kappa shape index (κ1) is 22.0. The molecule has 1 aromatic heterocycles. The normalized spacial score (nSPS) is 27.5. The minimum absolute atomic E-state index is 0.0271. The van der Waals surface area contributed by atoms with E-state index in [-0.39, 0.29) is 25.2 Å². The highest BCUT2D eigenvalue weighted by Crippen LogP contribution is 2.31. The number of carbonyl (C=O) groups is 2. The summed E-state index contributed by atoms with van der Waals surface area (Å²) < 4.78 is 37.3. The van der Waals surface area contributed by atoms with Gasteiger partial charge in [-0.15, -0.1) is 4.28 Å². The number of aromatic nitrogens is 2. The van der Waals surface area contributed by atoms with Crippen molar-refractivity contribution in [1.29, 1.82) is 0 Å². The number of nitrogens with zero attached hydrogens (tertiary/aromatic N) is 4. The van der Waals surface area contributed by atoms with Crippen LogP contribution in [0.3, 0.4) is 0 Å². The standard InChI is InChI=1S/C19H24N6O7S/c26-18(17-6-5-13-9-23(17)19(27)25(13)32-33(28,29)30)22-31-10-12-7-14(8-20-12)24-11-21-15-3-1-2-4-16(15)24/h1-4,11-14,17,20H,5-10H2,(H,22,26)(H,28,29,30)/t12-,13?,14+,17?/m1/s1. The minimum atomic E-state index is -4.83. The molecule has 3 amide bonds. The van der Waals surface area contributed by atoms with E-state index in [9.17, 15) is 18.0 Å².